The predicted molar refractivity (Wildman–Crippen MR) is 82.7 cm³/mol. The quantitative estimate of drug-likeness (QED) is 0.908. The lowest BCUT2D eigenvalue weighted by atomic mass is 10.2. The van der Waals surface area contributed by atoms with Gasteiger partial charge < -0.3 is 10.1 Å². The van der Waals surface area contributed by atoms with Gasteiger partial charge in [-0.3, -0.25) is 9.69 Å². The second-order valence-electron chi connectivity index (χ2n) is 5.91. The molecule has 2 fully saturated rings. The smallest absolute Gasteiger partial charge is 0.261 e. The summed E-state index contributed by atoms with van der Waals surface area (Å²) in [5.41, 5.74) is 0. The minimum atomic E-state index is -0.542. The Morgan fingerprint density at radius 2 is 2.14 bits per heavy atom. The fourth-order valence-corrected chi connectivity index (χ4v) is 2.96. The summed E-state index contributed by atoms with van der Waals surface area (Å²) in [4.78, 5) is 14.7. The summed E-state index contributed by atoms with van der Waals surface area (Å²) in [5.74, 6) is 0.477. The zero-order chi connectivity index (χ0) is 14.8. The minimum absolute atomic E-state index is 0.0717. The molecule has 1 heterocycles. The number of ether oxygens (including phenoxy) is 1. The Kier molecular flexibility index (Phi) is 4.36. The molecule has 1 aliphatic carbocycles. The van der Waals surface area contributed by atoms with E-state index >= 15 is 0 Å². The Bertz CT molecular complexity index is 519. The topological polar surface area (TPSA) is 41.6 Å². The van der Waals surface area contributed by atoms with Gasteiger partial charge in [-0.15, -0.1) is 0 Å². The molecule has 1 aromatic carbocycles. The highest BCUT2D eigenvalue weighted by Crippen LogP contribution is 2.30. The van der Waals surface area contributed by atoms with Gasteiger partial charge in [-0.25, -0.2) is 0 Å². The highest BCUT2D eigenvalue weighted by atomic mass is 35.5. The third kappa shape index (κ3) is 3.69. The summed E-state index contributed by atoms with van der Waals surface area (Å²) in [6, 6.07) is 8.23. The first-order valence-corrected chi connectivity index (χ1v) is 7.97. The van der Waals surface area contributed by atoms with Crippen molar-refractivity contribution >= 4 is 17.5 Å². The predicted octanol–water partition coefficient (Wildman–Crippen LogP) is 2.46. The second-order valence-corrected chi connectivity index (χ2v) is 6.32. The Hall–Kier alpha value is -1.26. The average molecular weight is 309 g/mol. The van der Waals surface area contributed by atoms with Crippen LogP contribution >= 0.6 is 11.6 Å². The van der Waals surface area contributed by atoms with Crippen LogP contribution < -0.4 is 10.1 Å². The molecular formula is C16H21ClN2O2. The normalized spacial score (nSPS) is 23.8. The van der Waals surface area contributed by atoms with Gasteiger partial charge in [0.2, 0.25) is 0 Å². The number of hydrogen-bond donors (Lipinski definition) is 1. The number of para-hydroxylation sites is 1. The fourth-order valence-electron chi connectivity index (χ4n) is 2.78. The molecule has 2 atom stereocenters. The van der Waals surface area contributed by atoms with Gasteiger partial charge in [0.15, 0.2) is 6.10 Å². The number of benzene rings is 1. The number of likely N-dealkylation sites (tertiary alicyclic amines) is 1. The van der Waals surface area contributed by atoms with Crippen LogP contribution in [0.15, 0.2) is 24.3 Å². The maximum Gasteiger partial charge on any atom is 0.261 e. The van der Waals surface area contributed by atoms with Crippen molar-refractivity contribution in [3.05, 3.63) is 29.3 Å². The highest BCUT2D eigenvalue weighted by molar-refractivity contribution is 6.32. The number of carbonyl (C=O) groups excluding carboxylic acids is 1. The molecule has 5 heteroatoms. The first-order valence-electron chi connectivity index (χ1n) is 7.59. The van der Waals surface area contributed by atoms with E-state index in [9.17, 15) is 4.79 Å². The minimum Gasteiger partial charge on any atom is -0.479 e. The molecule has 21 heavy (non-hydrogen) atoms. The summed E-state index contributed by atoms with van der Waals surface area (Å²) >= 11 is 6.04. The average Bonchev–Trinajstić information content (AvgIpc) is 3.22. The number of nitrogens with one attached hydrogen (secondary N) is 1. The van der Waals surface area contributed by atoms with E-state index in [1.54, 1.807) is 19.1 Å². The van der Waals surface area contributed by atoms with Gasteiger partial charge in [0.25, 0.3) is 5.91 Å². The molecule has 2 aliphatic rings. The molecule has 0 aromatic heterocycles. The van der Waals surface area contributed by atoms with Crippen molar-refractivity contribution in [2.75, 3.05) is 13.1 Å². The molecule has 1 aliphatic heterocycles. The SMILES string of the molecule is CC(Oc1ccccc1Cl)C(=O)NC1CCN(C2CC2)C1. The van der Waals surface area contributed by atoms with Crippen LogP contribution in [-0.2, 0) is 4.79 Å². The number of halogens is 1. The van der Waals surface area contributed by atoms with Gasteiger partial charge in [-0.05, 0) is 38.3 Å². The summed E-state index contributed by atoms with van der Waals surface area (Å²) in [6.45, 7) is 3.82. The Balaban J connectivity index is 1.49. The van der Waals surface area contributed by atoms with E-state index in [-0.39, 0.29) is 11.9 Å². The molecule has 0 spiro atoms. The zero-order valence-electron chi connectivity index (χ0n) is 12.2. The summed E-state index contributed by atoms with van der Waals surface area (Å²) in [7, 11) is 0. The van der Waals surface area contributed by atoms with E-state index < -0.39 is 6.10 Å². The maximum atomic E-state index is 12.2. The van der Waals surface area contributed by atoms with Gasteiger partial charge in [0.1, 0.15) is 5.75 Å². The first kappa shape index (κ1) is 14.7. The number of hydrogen-bond acceptors (Lipinski definition) is 3. The fraction of sp³-hybridized carbons (Fsp3) is 0.562. The number of carbonyl (C=O) groups is 1. The van der Waals surface area contributed by atoms with Crippen LogP contribution in [0.4, 0.5) is 0 Å². The van der Waals surface area contributed by atoms with Gasteiger partial charge >= 0.3 is 0 Å². The summed E-state index contributed by atoms with van der Waals surface area (Å²) in [6.07, 6.45) is 3.11. The monoisotopic (exact) mass is 308 g/mol. The van der Waals surface area contributed by atoms with Crippen LogP contribution in [0.25, 0.3) is 0 Å². The van der Waals surface area contributed by atoms with Gasteiger partial charge in [0, 0.05) is 25.2 Å². The van der Waals surface area contributed by atoms with Crippen molar-refractivity contribution in [1.82, 2.24) is 10.2 Å². The summed E-state index contributed by atoms with van der Waals surface area (Å²) < 4.78 is 5.65. The number of nitrogens with zero attached hydrogens (tertiary/aromatic N) is 1. The lowest BCUT2D eigenvalue weighted by Gasteiger charge is -2.19. The molecule has 114 valence electrons. The van der Waals surface area contributed by atoms with Gasteiger partial charge in [-0.2, -0.15) is 0 Å². The van der Waals surface area contributed by atoms with E-state index in [4.69, 9.17) is 16.3 Å². The molecule has 4 nitrogen and oxygen atoms in total. The lowest BCUT2D eigenvalue weighted by Crippen LogP contribution is -2.43. The molecule has 1 N–H and O–H groups in total. The molecule has 3 rings (SSSR count). The molecule has 1 saturated carbocycles. The van der Waals surface area contributed by atoms with Crippen molar-refractivity contribution in [2.45, 2.75) is 44.4 Å². The molecule has 1 amide bonds. The van der Waals surface area contributed by atoms with Crippen molar-refractivity contribution in [3.8, 4) is 5.75 Å². The zero-order valence-corrected chi connectivity index (χ0v) is 13.0. The molecule has 1 saturated heterocycles. The molecule has 0 bridgehead atoms. The van der Waals surface area contributed by atoms with Crippen LogP contribution in [0.2, 0.25) is 5.02 Å². The van der Waals surface area contributed by atoms with Crippen LogP contribution in [0.5, 0.6) is 5.75 Å². The van der Waals surface area contributed by atoms with Crippen LogP contribution in [0.3, 0.4) is 0 Å². The Morgan fingerprint density at radius 3 is 2.86 bits per heavy atom. The van der Waals surface area contributed by atoms with Crippen molar-refractivity contribution in [2.24, 2.45) is 0 Å². The van der Waals surface area contributed by atoms with Crippen LogP contribution in [-0.4, -0.2) is 42.1 Å². The van der Waals surface area contributed by atoms with E-state index in [1.807, 2.05) is 12.1 Å². The van der Waals surface area contributed by atoms with E-state index in [0.717, 1.165) is 25.6 Å². The van der Waals surface area contributed by atoms with Crippen molar-refractivity contribution in [1.29, 1.82) is 0 Å². The highest BCUT2D eigenvalue weighted by Gasteiger charge is 2.35. The number of amides is 1. The second kappa shape index (κ2) is 6.24. The lowest BCUT2D eigenvalue weighted by molar-refractivity contribution is -0.127. The molecule has 0 radical (unpaired) electrons. The summed E-state index contributed by atoms with van der Waals surface area (Å²) in [5, 5.41) is 3.61. The van der Waals surface area contributed by atoms with E-state index in [1.165, 1.54) is 12.8 Å². The van der Waals surface area contributed by atoms with Crippen molar-refractivity contribution < 1.29 is 9.53 Å². The standard InChI is InChI=1S/C16H21ClN2O2/c1-11(21-15-5-3-2-4-14(15)17)16(20)18-12-8-9-19(10-12)13-6-7-13/h2-5,11-13H,6-10H2,1H3,(H,18,20). The first-order chi connectivity index (χ1) is 10.1. The molecular weight excluding hydrogens is 288 g/mol. The van der Waals surface area contributed by atoms with E-state index in [2.05, 4.69) is 10.2 Å². The van der Waals surface area contributed by atoms with Gasteiger partial charge in [-0.1, -0.05) is 23.7 Å². The van der Waals surface area contributed by atoms with Crippen LogP contribution in [0, 0.1) is 0 Å². The molecule has 1 aromatic rings. The van der Waals surface area contributed by atoms with Crippen molar-refractivity contribution in [3.63, 3.8) is 0 Å². The third-order valence-electron chi connectivity index (χ3n) is 4.14. The van der Waals surface area contributed by atoms with E-state index in [0.29, 0.717) is 10.8 Å². The number of rotatable bonds is 5. The third-order valence-corrected chi connectivity index (χ3v) is 4.45. The maximum absolute atomic E-state index is 12.2. The Labute approximate surface area is 130 Å². The largest absolute Gasteiger partial charge is 0.479 e. The Morgan fingerprint density at radius 1 is 1.38 bits per heavy atom. The van der Waals surface area contributed by atoms with Gasteiger partial charge in [0.05, 0.1) is 5.02 Å². The molecule has 2 unspecified atom stereocenters. The van der Waals surface area contributed by atoms with Crippen LogP contribution in [0.1, 0.15) is 26.2 Å².